The fraction of sp³-hybridized carbons (Fsp3) is 0.600. The van der Waals surface area contributed by atoms with Crippen LogP contribution in [-0.2, 0) is 9.53 Å². The third-order valence-corrected chi connectivity index (χ3v) is 10.4. The number of hydrogen-bond acceptors (Lipinski definition) is 3. The molecule has 1 aromatic heterocycles. The first-order chi connectivity index (χ1) is 16.2. The van der Waals surface area contributed by atoms with E-state index >= 15 is 0 Å². The summed E-state index contributed by atoms with van der Waals surface area (Å²) >= 11 is 0. The predicted octanol–water partition coefficient (Wildman–Crippen LogP) is 7.00. The van der Waals surface area contributed by atoms with Gasteiger partial charge in [-0.05, 0) is 98.8 Å². The highest BCUT2D eigenvalue weighted by molar-refractivity contribution is 5.82. The van der Waals surface area contributed by atoms with Crippen molar-refractivity contribution in [3.8, 4) is 0 Å². The van der Waals surface area contributed by atoms with Crippen molar-refractivity contribution in [2.45, 2.75) is 85.7 Å². The molecular formula is C30H38N2O2. The molecule has 1 aromatic carbocycles. The highest BCUT2D eigenvalue weighted by Gasteiger charge is 2.57. The van der Waals surface area contributed by atoms with Crippen LogP contribution >= 0.6 is 0 Å². The van der Waals surface area contributed by atoms with Crippen molar-refractivity contribution < 1.29 is 9.53 Å². The van der Waals surface area contributed by atoms with E-state index in [4.69, 9.17) is 9.72 Å². The lowest BCUT2D eigenvalue weighted by atomic mass is 9.47. The lowest BCUT2D eigenvalue weighted by Gasteiger charge is -2.57. The molecule has 0 saturated heterocycles. The Labute approximate surface area is 203 Å². The number of esters is 1. The molecule has 4 nitrogen and oxygen atoms in total. The van der Waals surface area contributed by atoms with Crippen LogP contribution in [0.5, 0.6) is 0 Å². The van der Waals surface area contributed by atoms with Crippen molar-refractivity contribution in [3.05, 3.63) is 47.3 Å². The zero-order chi connectivity index (χ0) is 23.8. The second-order valence-electron chi connectivity index (χ2n) is 12.1. The molecule has 34 heavy (non-hydrogen) atoms. The maximum absolute atomic E-state index is 11.5. The molecule has 4 heteroatoms. The van der Waals surface area contributed by atoms with Gasteiger partial charge in [-0.25, -0.2) is 4.98 Å². The molecule has 4 aliphatic carbocycles. The molecule has 0 spiro atoms. The van der Waals surface area contributed by atoms with E-state index in [1.165, 1.54) is 54.9 Å². The number of aromatic nitrogens is 2. The van der Waals surface area contributed by atoms with Gasteiger partial charge in [-0.3, -0.25) is 4.79 Å². The maximum atomic E-state index is 11.5. The number of carbonyl (C=O) groups is 1. The Kier molecular flexibility index (Phi) is 4.92. The fourth-order valence-corrected chi connectivity index (χ4v) is 8.34. The minimum Gasteiger partial charge on any atom is -0.462 e. The standard InChI is InChI=1S/C30H38N2O2/c1-18-14-26-27(15-19(18)2)32(17-31-26)28-9-8-24-23-7-6-21-16-22(34-20(3)33)10-12-29(21,4)25(23)11-13-30(24,28)5/h6,9,14-15,17,22-25H,7-8,10-13,16H2,1-5H3/t22-,23-,24-,25-,29-,30-/m0/s1. The van der Waals surface area contributed by atoms with Gasteiger partial charge in [0.05, 0.1) is 11.0 Å². The number of aryl methyl sites for hydroxylation is 2. The van der Waals surface area contributed by atoms with Crippen LogP contribution in [0.3, 0.4) is 0 Å². The van der Waals surface area contributed by atoms with Crippen LogP contribution < -0.4 is 0 Å². The third kappa shape index (κ3) is 3.09. The normalized spacial score (nSPS) is 36.9. The maximum Gasteiger partial charge on any atom is 0.302 e. The lowest BCUT2D eigenvalue weighted by Crippen LogP contribution is -2.50. The number of benzene rings is 1. The summed E-state index contributed by atoms with van der Waals surface area (Å²) in [6.45, 7) is 11.0. The molecule has 0 unspecified atom stereocenters. The minimum atomic E-state index is -0.140. The molecular weight excluding hydrogens is 420 g/mol. The summed E-state index contributed by atoms with van der Waals surface area (Å²) in [5.41, 5.74) is 8.49. The summed E-state index contributed by atoms with van der Waals surface area (Å²) in [4.78, 5) is 16.3. The van der Waals surface area contributed by atoms with E-state index in [-0.39, 0.29) is 22.9 Å². The zero-order valence-electron chi connectivity index (χ0n) is 21.4. The number of imidazole rings is 1. The van der Waals surface area contributed by atoms with Gasteiger partial charge < -0.3 is 9.30 Å². The van der Waals surface area contributed by atoms with Crippen LogP contribution in [0, 0.1) is 42.4 Å². The first-order valence-electron chi connectivity index (χ1n) is 13.2. The lowest BCUT2D eigenvalue weighted by molar-refractivity contribution is -0.148. The quantitative estimate of drug-likeness (QED) is 0.359. The van der Waals surface area contributed by atoms with Crippen molar-refractivity contribution in [1.82, 2.24) is 9.55 Å². The third-order valence-electron chi connectivity index (χ3n) is 10.4. The highest BCUT2D eigenvalue weighted by Crippen LogP contribution is 2.65. The van der Waals surface area contributed by atoms with Crippen molar-refractivity contribution >= 4 is 22.7 Å². The Bertz CT molecular complexity index is 1240. The summed E-state index contributed by atoms with van der Waals surface area (Å²) in [6.07, 6.45) is 15.2. The Morgan fingerprint density at radius 3 is 2.59 bits per heavy atom. The molecule has 2 saturated carbocycles. The second-order valence-corrected chi connectivity index (χ2v) is 12.1. The fourth-order valence-electron chi connectivity index (χ4n) is 8.34. The summed E-state index contributed by atoms with van der Waals surface area (Å²) < 4.78 is 8.02. The van der Waals surface area contributed by atoms with Gasteiger partial charge in [0, 0.05) is 24.5 Å². The highest BCUT2D eigenvalue weighted by atomic mass is 16.5. The molecule has 0 N–H and O–H groups in total. The van der Waals surface area contributed by atoms with E-state index in [0.29, 0.717) is 5.92 Å². The van der Waals surface area contributed by atoms with E-state index in [1.807, 2.05) is 0 Å². The van der Waals surface area contributed by atoms with E-state index in [9.17, 15) is 4.79 Å². The first kappa shape index (κ1) is 22.1. The number of rotatable bonds is 2. The Morgan fingerprint density at radius 1 is 1.03 bits per heavy atom. The summed E-state index contributed by atoms with van der Waals surface area (Å²) in [7, 11) is 0. The van der Waals surface area contributed by atoms with Crippen LogP contribution in [0.1, 0.15) is 76.8 Å². The summed E-state index contributed by atoms with van der Waals surface area (Å²) in [6, 6.07) is 4.55. The molecule has 4 aliphatic rings. The zero-order valence-corrected chi connectivity index (χ0v) is 21.4. The monoisotopic (exact) mass is 458 g/mol. The van der Waals surface area contributed by atoms with Crippen molar-refractivity contribution in [2.75, 3.05) is 0 Å². The van der Waals surface area contributed by atoms with Gasteiger partial charge in [-0.1, -0.05) is 31.6 Å². The van der Waals surface area contributed by atoms with Gasteiger partial charge >= 0.3 is 5.97 Å². The number of allylic oxidation sites excluding steroid dienone is 3. The smallest absolute Gasteiger partial charge is 0.302 e. The van der Waals surface area contributed by atoms with Gasteiger partial charge in [0.25, 0.3) is 0 Å². The number of carbonyl (C=O) groups excluding carboxylic acids is 1. The molecule has 1 heterocycles. The van der Waals surface area contributed by atoms with Gasteiger partial charge in [-0.2, -0.15) is 0 Å². The van der Waals surface area contributed by atoms with Crippen LogP contribution in [0.15, 0.2) is 36.2 Å². The van der Waals surface area contributed by atoms with E-state index < -0.39 is 0 Å². The Morgan fingerprint density at radius 2 is 1.79 bits per heavy atom. The number of fused-ring (bicyclic) bond motifs is 6. The van der Waals surface area contributed by atoms with Gasteiger partial charge in [0.2, 0.25) is 0 Å². The SMILES string of the molecule is CC(=O)O[C@H]1CC[C@@]2(C)C(=CC[C@@H]3[C@@H]2CC[C@]2(C)C(n4cnc5cc(C)c(C)cc54)=CC[C@@H]32)C1. The molecule has 0 amide bonds. The van der Waals surface area contributed by atoms with Crippen molar-refractivity contribution in [1.29, 1.82) is 0 Å². The molecule has 180 valence electrons. The number of hydrogen-bond donors (Lipinski definition) is 0. The van der Waals surface area contributed by atoms with E-state index in [1.54, 1.807) is 5.57 Å². The topological polar surface area (TPSA) is 44.1 Å². The predicted molar refractivity (Wildman–Crippen MR) is 136 cm³/mol. The molecule has 0 bridgehead atoms. The molecule has 0 aliphatic heterocycles. The Hall–Kier alpha value is -2.36. The molecule has 6 rings (SSSR count). The number of nitrogens with zero attached hydrogens (tertiary/aromatic N) is 2. The summed E-state index contributed by atoms with van der Waals surface area (Å²) in [5.74, 6) is 2.01. The van der Waals surface area contributed by atoms with Gasteiger partial charge in [0.1, 0.15) is 12.4 Å². The average molecular weight is 459 g/mol. The number of ether oxygens (including phenoxy) is 1. The largest absolute Gasteiger partial charge is 0.462 e. The van der Waals surface area contributed by atoms with E-state index in [0.717, 1.165) is 36.6 Å². The van der Waals surface area contributed by atoms with Crippen LogP contribution in [0.4, 0.5) is 0 Å². The van der Waals surface area contributed by atoms with Crippen LogP contribution in [0.25, 0.3) is 16.7 Å². The summed E-state index contributed by atoms with van der Waals surface area (Å²) in [5, 5.41) is 0. The molecule has 0 radical (unpaired) electrons. The first-order valence-corrected chi connectivity index (χ1v) is 13.2. The van der Waals surface area contributed by atoms with Crippen molar-refractivity contribution in [2.24, 2.45) is 28.6 Å². The molecule has 2 aromatic rings. The average Bonchev–Trinajstić information content (AvgIpc) is 3.33. The second kappa shape index (κ2) is 7.57. The van der Waals surface area contributed by atoms with Gasteiger partial charge in [0.15, 0.2) is 0 Å². The van der Waals surface area contributed by atoms with Crippen molar-refractivity contribution in [3.63, 3.8) is 0 Å². The van der Waals surface area contributed by atoms with Gasteiger partial charge in [-0.15, -0.1) is 0 Å². The van der Waals surface area contributed by atoms with Crippen LogP contribution in [-0.4, -0.2) is 21.6 Å². The molecule has 2 fully saturated rings. The molecule has 6 atom stereocenters. The van der Waals surface area contributed by atoms with E-state index in [2.05, 4.69) is 62.9 Å². The van der Waals surface area contributed by atoms with Crippen LogP contribution in [0.2, 0.25) is 0 Å². The minimum absolute atomic E-state index is 0.0728. The Balaban J connectivity index is 1.30.